The number of hydrogen-bond donors (Lipinski definition) is 1. The molecule has 6 nitrogen and oxygen atoms in total. The minimum Gasteiger partial charge on any atom is -0.405 e. The van der Waals surface area contributed by atoms with Crippen LogP contribution in [0.3, 0.4) is 0 Å². The number of halogens is 3. The quantitative estimate of drug-likeness (QED) is 0.732. The van der Waals surface area contributed by atoms with Crippen LogP contribution < -0.4 is 10.1 Å². The summed E-state index contributed by atoms with van der Waals surface area (Å²) in [5.74, 6) is -0.251. The van der Waals surface area contributed by atoms with Crippen molar-refractivity contribution in [2.24, 2.45) is 0 Å². The van der Waals surface area contributed by atoms with E-state index in [1.807, 2.05) is 0 Å². The van der Waals surface area contributed by atoms with Crippen molar-refractivity contribution < 1.29 is 31.1 Å². The highest BCUT2D eigenvalue weighted by Gasteiger charge is 2.32. The molecule has 2 aromatic rings. The van der Waals surface area contributed by atoms with E-state index >= 15 is 0 Å². The molecule has 0 spiro atoms. The molecule has 0 aliphatic carbocycles. The minimum atomic E-state index is -4.75. The Balaban J connectivity index is 1.59. The second kappa shape index (κ2) is 9.12. The van der Waals surface area contributed by atoms with Crippen LogP contribution in [0.1, 0.15) is 11.1 Å². The van der Waals surface area contributed by atoms with Crippen molar-refractivity contribution in [1.29, 1.82) is 0 Å². The summed E-state index contributed by atoms with van der Waals surface area (Å²) in [7, 11) is -3.56. The van der Waals surface area contributed by atoms with Crippen LogP contribution in [-0.4, -0.2) is 45.4 Å². The molecule has 10 heteroatoms. The average molecular weight is 430 g/mol. The summed E-state index contributed by atoms with van der Waals surface area (Å²) in [4.78, 5) is 0.201. The van der Waals surface area contributed by atoms with E-state index in [0.717, 1.165) is 5.56 Å². The molecular weight excluding hydrogens is 409 g/mol. The number of alkyl halides is 3. The monoisotopic (exact) mass is 430 g/mol. The lowest BCUT2D eigenvalue weighted by atomic mass is 10.2. The average Bonchev–Trinajstić information content (AvgIpc) is 2.69. The van der Waals surface area contributed by atoms with Crippen molar-refractivity contribution in [2.45, 2.75) is 24.3 Å². The fourth-order valence-corrected chi connectivity index (χ4v) is 4.34. The van der Waals surface area contributed by atoms with Gasteiger partial charge in [0.2, 0.25) is 10.0 Å². The first-order valence-electron chi connectivity index (χ1n) is 8.97. The van der Waals surface area contributed by atoms with Crippen LogP contribution in [0.4, 0.5) is 13.2 Å². The van der Waals surface area contributed by atoms with Crippen LogP contribution in [0.5, 0.6) is 5.75 Å². The Morgan fingerprint density at radius 2 is 1.66 bits per heavy atom. The van der Waals surface area contributed by atoms with Gasteiger partial charge in [-0.1, -0.05) is 30.3 Å². The van der Waals surface area contributed by atoms with Gasteiger partial charge in [0.25, 0.3) is 0 Å². The maximum absolute atomic E-state index is 12.6. The third kappa shape index (κ3) is 5.92. The zero-order valence-electron chi connectivity index (χ0n) is 15.5. The molecule has 0 radical (unpaired) electrons. The van der Waals surface area contributed by atoms with Crippen LogP contribution in [0.2, 0.25) is 0 Å². The van der Waals surface area contributed by atoms with Crippen LogP contribution >= 0.6 is 0 Å². The molecule has 0 saturated carbocycles. The number of rotatable bonds is 7. The van der Waals surface area contributed by atoms with E-state index < -0.39 is 16.4 Å². The van der Waals surface area contributed by atoms with Gasteiger partial charge in [0.1, 0.15) is 5.75 Å². The number of hydrogen-bond acceptors (Lipinski definition) is 5. The second-order valence-electron chi connectivity index (χ2n) is 6.42. The zero-order chi connectivity index (χ0) is 20.9. The maximum atomic E-state index is 12.6. The van der Waals surface area contributed by atoms with Gasteiger partial charge in [-0.3, -0.25) is 0 Å². The van der Waals surface area contributed by atoms with Gasteiger partial charge >= 0.3 is 6.36 Å². The molecule has 3 rings (SSSR count). The summed E-state index contributed by atoms with van der Waals surface area (Å²) in [5.41, 5.74) is 1.18. The van der Waals surface area contributed by atoms with E-state index in [0.29, 0.717) is 38.4 Å². The van der Waals surface area contributed by atoms with Gasteiger partial charge in [0.15, 0.2) is 0 Å². The Morgan fingerprint density at radius 3 is 2.31 bits per heavy atom. The molecule has 29 heavy (non-hydrogen) atoms. The number of para-hydroxylation sites is 1. The zero-order valence-corrected chi connectivity index (χ0v) is 16.3. The largest absolute Gasteiger partial charge is 0.573 e. The molecule has 1 fully saturated rings. The summed E-state index contributed by atoms with van der Waals surface area (Å²) in [5, 5.41) is 3.04. The second-order valence-corrected chi connectivity index (χ2v) is 8.36. The summed E-state index contributed by atoms with van der Waals surface area (Å²) in [6, 6.07) is 12.3. The van der Waals surface area contributed by atoms with Gasteiger partial charge in [-0.05, 0) is 23.8 Å². The van der Waals surface area contributed by atoms with E-state index in [1.54, 1.807) is 24.3 Å². The predicted molar refractivity (Wildman–Crippen MR) is 99.7 cm³/mol. The highest BCUT2D eigenvalue weighted by atomic mass is 32.2. The van der Waals surface area contributed by atoms with Crippen LogP contribution in [0.25, 0.3) is 0 Å². The molecule has 1 N–H and O–H groups in total. The summed E-state index contributed by atoms with van der Waals surface area (Å²) < 4.78 is 73.2. The normalized spacial score (nSPS) is 16.0. The van der Waals surface area contributed by atoms with Gasteiger partial charge in [0.05, 0.1) is 18.1 Å². The van der Waals surface area contributed by atoms with Crippen molar-refractivity contribution in [1.82, 2.24) is 9.62 Å². The highest BCUT2D eigenvalue weighted by molar-refractivity contribution is 7.89. The predicted octanol–water partition coefficient (Wildman–Crippen LogP) is 2.90. The number of morpholine rings is 1. The molecule has 1 aliphatic rings. The fraction of sp³-hybridized carbons (Fsp3) is 0.368. The Kier molecular flexibility index (Phi) is 6.78. The highest BCUT2D eigenvalue weighted by Crippen LogP contribution is 2.26. The van der Waals surface area contributed by atoms with E-state index in [4.69, 9.17) is 4.74 Å². The van der Waals surface area contributed by atoms with E-state index in [1.165, 1.54) is 28.6 Å². The topological polar surface area (TPSA) is 67.9 Å². The molecule has 0 unspecified atom stereocenters. The van der Waals surface area contributed by atoms with Crippen molar-refractivity contribution in [3.05, 3.63) is 59.7 Å². The number of ether oxygens (including phenoxy) is 2. The lowest BCUT2D eigenvalue weighted by molar-refractivity contribution is -0.274. The third-order valence-corrected chi connectivity index (χ3v) is 6.29. The van der Waals surface area contributed by atoms with Crippen LogP contribution in [0.15, 0.2) is 53.4 Å². The first kappa shape index (κ1) is 21.6. The Bertz CT molecular complexity index is 912. The van der Waals surface area contributed by atoms with Crippen molar-refractivity contribution in [2.75, 3.05) is 26.3 Å². The minimum absolute atomic E-state index is 0.167. The molecule has 0 aromatic heterocycles. The van der Waals surface area contributed by atoms with E-state index in [2.05, 4.69) is 10.1 Å². The van der Waals surface area contributed by atoms with Crippen molar-refractivity contribution in [3.63, 3.8) is 0 Å². The van der Waals surface area contributed by atoms with Crippen molar-refractivity contribution >= 4 is 10.0 Å². The molecule has 0 bridgehead atoms. The third-order valence-electron chi connectivity index (χ3n) is 4.37. The van der Waals surface area contributed by atoms with E-state index in [-0.39, 0.29) is 17.2 Å². The lowest BCUT2D eigenvalue weighted by Gasteiger charge is -2.26. The summed E-state index contributed by atoms with van der Waals surface area (Å²) >= 11 is 0. The molecule has 1 heterocycles. The fourth-order valence-electron chi connectivity index (χ4n) is 2.93. The Labute approximate surface area is 167 Å². The molecule has 2 aromatic carbocycles. The molecular formula is C19H21F3N2O4S. The Morgan fingerprint density at radius 1 is 1.00 bits per heavy atom. The Hall–Kier alpha value is -2.14. The maximum Gasteiger partial charge on any atom is 0.573 e. The standard InChI is InChI=1S/C19H21F3N2O4S/c20-19(21,22)28-18-4-2-1-3-16(18)14-23-13-15-5-7-17(8-6-15)29(25,26)24-9-11-27-12-10-24/h1-8,23H,9-14H2. The van der Waals surface area contributed by atoms with Gasteiger partial charge in [-0.2, -0.15) is 4.31 Å². The van der Waals surface area contributed by atoms with Crippen LogP contribution in [-0.2, 0) is 27.8 Å². The lowest BCUT2D eigenvalue weighted by Crippen LogP contribution is -2.40. The molecule has 1 saturated heterocycles. The molecule has 1 aliphatic heterocycles. The van der Waals surface area contributed by atoms with E-state index in [9.17, 15) is 21.6 Å². The first-order chi connectivity index (χ1) is 13.8. The molecule has 158 valence electrons. The smallest absolute Gasteiger partial charge is 0.405 e. The number of nitrogens with zero attached hydrogens (tertiary/aromatic N) is 1. The first-order valence-corrected chi connectivity index (χ1v) is 10.4. The molecule has 0 atom stereocenters. The van der Waals surface area contributed by atoms with Gasteiger partial charge < -0.3 is 14.8 Å². The number of nitrogens with one attached hydrogen (secondary N) is 1. The molecule has 0 amide bonds. The van der Waals surface area contributed by atoms with Gasteiger partial charge in [0, 0.05) is 31.7 Å². The van der Waals surface area contributed by atoms with Crippen molar-refractivity contribution in [3.8, 4) is 5.75 Å². The van der Waals surface area contributed by atoms with Gasteiger partial charge in [-0.25, -0.2) is 8.42 Å². The SMILES string of the molecule is O=S(=O)(c1ccc(CNCc2ccccc2OC(F)(F)F)cc1)N1CCOCC1. The number of benzene rings is 2. The van der Waals surface area contributed by atoms with Gasteiger partial charge in [-0.15, -0.1) is 13.2 Å². The van der Waals surface area contributed by atoms with Crippen LogP contribution in [0, 0.1) is 0 Å². The summed E-state index contributed by atoms with van der Waals surface area (Å²) in [6.45, 7) is 1.93. The number of sulfonamides is 1. The summed E-state index contributed by atoms with van der Waals surface area (Å²) in [6.07, 6.45) is -4.75.